The molecule has 1 N–H and O–H groups in total. The summed E-state index contributed by atoms with van der Waals surface area (Å²) in [5, 5.41) is 0. The van der Waals surface area contributed by atoms with E-state index in [0.29, 0.717) is 5.69 Å². The number of anilines is 1. The van der Waals surface area contributed by atoms with E-state index in [1.807, 2.05) is 19.1 Å². The predicted molar refractivity (Wildman–Crippen MR) is 89.0 cm³/mol. The molecule has 0 unspecified atom stereocenters. The van der Waals surface area contributed by atoms with E-state index in [-0.39, 0.29) is 10.5 Å². The number of para-hydroxylation sites is 1. The first-order chi connectivity index (χ1) is 11.0. The number of ether oxygens (including phenoxy) is 1. The van der Waals surface area contributed by atoms with Gasteiger partial charge in [-0.3, -0.25) is 4.72 Å². The van der Waals surface area contributed by atoms with Crippen molar-refractivity contribution in [3.63, 3.8) is 0 Å². The van der Waals surface area contributed by atoms with Crippen molar-refractivity contribution in [3.05, 3.63) is 59.7 Å². The van der Waals surface area contributed by atoms with E-state index < -0.39 is 16.0 Å². The number of carbonyl (C=O) groups is 1. The molecule has 0 spiro atoms. The Morgan fingerprint density at radius 2 is 1.74 bits per heavy atom. The van der Waals surface area contributed by atoms with Crippen LogP contribution in [0, 0.1) is 0 Å². The molecule has 0 aliphatic rings. The molecule has 2 aromatic carbocycles. The molecule has 5 nitrogen and oxygen atoms in total. The molecule has 0 amide bonds. The van der Waals surface area contributed by atoms with Crippen LogP contribution in [0.2, 0.25) is 0 Å². The zero-order chi connectivity index (χ0) is 16.9. The van der Waals surface area contributed by atoms with Crippen molar-refractivity contribution in [2.24, 2.45) is 0 Å². The maximum absolute atomic E-state index is 12.7. The summed E-state index contributed by atoms with van der Waals surface area (Å²) in [5.74, 6) is -0.687. The molecule has 6 heteroatoms. The standard InChI is InChI=1S/C17H19NO4S/c1-3-8-13-9-4-6-11-15(13)18-23(20,21)16-12-7-5-10-14(16)17(19)22-2/h4-7,9-12,18H,3,8H2,1-2H3. The van der Waals surface area contributed by atoms with Gasteiger partial charge >= 0.3 is 5.97 Å². The Morgan fingerprint density at radius 3 is 2.43 bits per heavy atom. The lowest BCUT2D eigenvalue weighted by atomic mass is 10.1. The highest BCUT2D eigenvalue weighted by atomic mass is 32.2. The summed E-state index contributed by atoms with van der Waals surface area (Å²) in [5.41, 5.74) is 1.44. The predicted octanol–water partition coefficient (Wildman–Crippen LogP) is 3.23. The van der Waals surface area contributed by atoms with Crippen LogP contribution in [0.1, 0.15) is 29.3 Å². The number of methoxy groups -OCH3 is 1. The SMILES string of the molecule is CCCc1ccccc1NS(=O)(=O)c1ccccc1C(=O)OC. The summed E-state index contributed by atoms with van der Waals surface area (Å²) >= 11 is 0. The molecule has 0 heterocycles. The molecule has 0 fully saturated rings. The molecule has 2 aromatic rings. The van der Waals surface area contributed by atoms with Gasteiger partial charge in [-0.2, -0.15) is 0 Å². The van der Waals surface area contributed by atoms with Crippen LogP contribution in [0.15, 0.2) is 53.4 Å². The normalized spacial score (nSPS) is 11.0. The fourth-order valence-electron chi connectivity index (χ4n) is 2.29. The van der Waals surface area contributed by atoms with Gasteiger partial charge in [0.05, 0.1) is 18.4 Å². The van der Waals surface area contributed by atoms with E-state index in [1.54, 1.807) is 24.3 Å². The molecule has 23 heavy (non-hydrogen) atoms. The molecule has 0 saturated heterocycles. The van der Waals surface area contributed by atoms with Crippen molar-refractivity contribution in [3.8, 4) is 0 Å². The molecule has 2 rings (SSSR count). The molecular weight excluding hydrogens is 314 g/mol. The second-order valence-corrected chi connectivity index (χ2v) is 6.65. The quantitative estimate of drug-likeness (QED) is 0.824. The van der Waals surface area contributed by atoms with Crippen molar-refractivity contribution in [2.75, 3.05) is 11.8 Å². The number of rotatable bonds is 6. The van der Waals surface area contributed by atoms with Gasteiger partial charge in [0.2, 0.25) is 0 Å². The Balaban J connectivity index is 2.43. The minimum absolute atomic E-state index is 0.00970. The average molecular weight is 333 g/mol. The zero-order valence-corrected chi connectivity index (χ0v) is 13.9. The maximum Gasteiger partial charge on any atom is 0.339 e. The fourth-order valence-corrected chi connectivity index (χ4v) is 3.58. The third-order valence-electron chi connectivity index (χ3n) is 3.36. The van der Waals surface area contributed by atoms with E-state index in [1.165, 1.54) is 19.2 Å². The zero-order valence-electron chi connectivity index (χ0n) is 13.1. The smallest absolute Gasteiger partial charge is 0.339 e. The Morgan fingerprint density at radius 1 is 1.09 bits per heavy atom. The molecular formula is C17H19NO4S. The number of hydrogen-bond donors (Lipinski definition) is 1. The third-order valence-corrected chi connectivity index (χ3v) is 4.79. The van der Waals surface area contributed by atoms with Crippen molar-refractivity contribution >= 4 is 21.7 Å². The maximum atomic E-state index is 12.7. The second-order valence-electron chi connectivity index (χ2n) is 5.00. The van der Waals surface area contributed by atoms with Crippen molar-refractivity contribution < 1.29 is 17.9 Å². The molecule has 122 valence electrons. The van der Waals surface area contributed by atoms with E-state index in [2.05, 4.69) is 9.46 Å². The van der Waals surface area contributed by atoms with Gasteiger partial charge in [-0.05, 0) is 30.2 Å². The minimum Gasteiger partial charge on any atom is -0.465 e. The summed E-state index contributed by atoms with van der Waals surface area (Å²) < 4.78 is 32.6. The van der Waals surface area contributed by atoms with Crippen LogP contribution in [-0.2, 0) is 21.2 Å². The lowest BCUT2D eigenvalue weighted by molar-refractivity contribution is 0.0596. The number of esters is 1. The highest BCUT2D eigenvalue weighted by Crippen LogP contribution is 2.23. The van der Waals surface area contributed by atoms with Gasteiger partial charge in [-0.25, -0.2) is 13.2 Å². The van der Waals surface area contributed by atoms with Crippen molar-refractivity contribution in [2.45, 2.75) is 24.7 Å². The minimum atomic E-state index is -3.89. The Hall–Kier alpha value is -2.34. The van der Waals surface area contributed by atoms with Crippen LogP contribution in [0.25, 0.3) is 0 Å². The first-order valence-corrected chi connectivity index (χ1v) is 8.76. The van der Waals surface area contributed by atoms with Gasteiger partial charge in [0.15, 0.2) is 0 Å². The van der Waals surface area contributed by atoms with Gasteiger partial charge in [-0.15, -0.1) is 0 Å². The van der Waals surface area contributed by atoms with E-state index >= 15 is 0 Å². The van der Waals surface area contributed by atoms with Crippen LogP contribution < -0.4 is 4.72 Å². The van der Waals surface area contributed by atoms with E-state index in [0.717, 1.165) is 18.4 Å². The highest BCUT2D eigenvalue weighted by Gasteiger charge is 2.23. The highest BCUT2D eigenvalue weighted by molar-refractivity contribution is 7.92. The first-order valence-electron chi connectivity index (χ1n) is 7.27. The van der Waals surface area contributed by atoms with Crippen LogP contribution in [-0.4, -0.2) is 21.5 Å². The number of carbonyl (C=O) groups excluding carboxylic acids is 1. The lowest BCUT2D eigenvalue weighted by Gasteiger charge is -2.14. The molecule has 0 aliphatic carbocycles. The van der Waals surface area contributed by atoms with Crippen LogP contribution in [0.3, 0.4) is 0 Å². The second kappa shape index (κ2) is 7.28. The number of aryl methyl sites for hydroxylation is 1. The van der Waals surface area contributed by atoms with Crippen LogP contribution in [0.5, 0.6) is 0 Å². The van der Waals surface area contributed by atoms with Gasteiger partial charge < -0.3 is 4.74 Å². The van der Waals surface area contributed by atoms with Crippen LogP contribution in [0.4, 0.5) is 5.69 Å². The third kappa shape index (κ3) is 3.90. The van der Waals surface area contributed by atoms with Gasteiger partial charge in [0, 0.05) is 0 Å². The van der Waals surface area contributed by atoms with Gasteiger partial charge in [-0.1, -0.05) is 43.7 Å². The monoisotopic (exact) mass is 333 g/mol. The summed E-state index contributed by atoms with van der Waals surface area (Å²) in [4.78, 5) is 11.7. The summed E-state index contributed by atoms with van der Waals surface area (Å²) in [6.45, 7) is 2.03. The number of nitrogens with one attached hydrogen (secondary N) is 1. The summed E-state index contributed by atoms with van der Waals surface area (Å²) in [6, 6.07) is 13.2. The first kappa shape index (κ1) is 17.0. The number of sulfonamides is 1. The van der Waals surface area contributed by atoms with Gasteiger partial charge in [0.25, 0.3) is 10.0 Å². The van der Waals surface area contributed by atoms with E-state index in [9.17, 15) is 13.2 Å². The lowest BCUT2D eigenvalue weighted by Crippen LogP contribution is -2.18. The van der Waals surface area contributed by atoms with E-state index in [4.69, 9.17) is 0 Å². The molecule has 0 aliphatic heterocycles. The fraction of sp³-hybridized carbons (Fsp3) is 0.235. The molecule has 0 radical (unpaired) electrons. The molecule has 0 saturated carbocycles. The average Bonchev–Trinajstić information content (AvgIpc) is 2.56. The summed E-state index contributed by atoms with van der Waals surface area (Å²) in [7, 11) is -2.67. The van der Waals surface area contributed by atoms with Crippen LogP contribution >= 0.6 is 0 Å². The number of benzene rings is 2. The van der Waals surface area contributed by atoms with Gasteiger partial charge in [0.1, 0.15) is 4.90 Å². The Kier molecular flexibility index (Phi) is 5.39. The number of hydrogen-bond acceptors (Lipinski definition) is 4. The Bertz CT molecular complexity index is 800. The molecule has 0 aromatic heterocycles. The largest absolute Gasteiger partial charge is 0.465 e. The van der Waals surface area contributed by atoms with Crippen molar-refractivity contribution in [1.82, 2.24) is 0 Å². The topological polar surface area (TPSA) is 72.5 Å². The molecule has 0 atom stereocenters. The Labute approximate surface area is 136 Å². The van der Waals surface area contributed by atoms with Crippen molar-refractivity contribution in [1.29, 1.82) is 0 Å². The summed E-state index contributed by atoms with van der Waals surface area (Å²) in [6.07, 6.45) is 1.66. The molecule has 0 bridgehead atoms.